The Balaban J connectivity index is 1.14. The van der Waals surface area contributed by atoms with Crippen molar-refractivity contribution in [2.75, 3.05) is 17.8 Å². The topological polar surface area (TPSA) is 153 Å². The highest BCUT2D eigenvalue weighted by Gasteiger charge is 2.50. The number of hydrogen-bond acceptors (Lipinski definition) is 9. The van der Waals surface area contributed by atoms with Gasteiger partial charge in [0.1, 0.15) is 11.8 Å². The van der Waals surface area contributed by atoms with Gasteiger partial charge in [0.05, 0.1) is 24.1 Å². The number of aliphatic hydroxyl groups excluding tert-OH is 2. The second-order valence-electron chi connectivity index (χ2n) is 14.3. The van der Waals surface area contributed by atoms with Crippen molar-refractivity contribution in [3.8, 4) is 5.75 Å². The molecule has 0 spiro atoms. The van der Waals surface area contributed by atoms with Crippen LogP contribution in [0.15, 0.2) is 91.3 Å². The number of nitrogens with zero attached hydrogens (tertiary/aromatic N) is 2. The summed E-state index contributed by atoms with van der Waals surface area (Å²) in [6, 6.07) is 22.1. The smallest absolute Gasteiger partial charge is 0.258 e. The van der Waals surface area contributed by atoms with Crippen LogP contribution < -0.4 is 20.7 Å². The number of anilines is 1. The molecule has 0 bridgehead atoms. The van der Waals surface area contributed by atoms with Crippen molar-refractivity contribution < 1.29 is 29.3 Å². The lowest BCUT2D eigenvalue weighted by Gasteiger charge is -2.34. The molecule has 0 unspecified atom stereocenters. The average molecular weight is 738 g/mol. The molecule has 1 aliphatic carbocycles. The van der Waals surface area contributed by atoms with Gasteiger partial charge in [-0.1, -0.05) is 60.7 Å². The number of rotatable bonds is 13. The van der Waals surface area contributed by atoms with Crippen molar-refractivity contribution >= 4 is 35.2 Å². The Bertz CT molecular complexity index is 1900. The average Bonchev–Trinajstić information content (AvgIpc) is 3.64. The van der Waals surface area contributed by atoms with Crippen LogP contribution in [-0.4, -0.2) is 79.3 Å². The first-order chi connectivity index (χ1) is 25.4. The van der Waals surface area contributed by atoms with Crippen molar-refractivity contribution in [1.29, 1.82) is 0 Å². The summed E-state index contributed by atoms with van der Waals surface area (Å²) in [5, 5.41) is 31.7. The summed E-state index contributed by atoms with van der Waals surface area (Å²) in [5.41, 5.74) is 6.26. The van der Waals surface area contributed by atoms with Crippen molar-refractivity contribution in [1.82, 2.24) is 20.5 Å². The zero-order valence-electron chi connectivity index (χ0n) is 30.4. The summed E-state index contributed by atoms with van der Waals surface area (Å²) in [5.74, 6) is -0.842. The van der Waals surface area contributed by atoms with Crippen molar-refractivity contribution in [2.24, 2.45) is 0 Å². The van der Waals surface area contributed by atoms with Gasteiger partial charge in [-0.3, -0.25) is 19.4 Å². The Morgan fingerprint density at radius 3 is 2.42 bits per heavy atom. The van der Waals surface area contributed by atoms with Crippen LogP contribution in [0.4, 0.5) is 5.69 Å². The zero-order chi connectivity index (χ0) is 37.7. The van der Waals surface area contributed by atoms with Crippen LogP contribution in [0.5, 0.6) is 5.75 Å². The molecule has 53 heavy (non-hydrogen) atoms. The van der Waals surface area contributed by atoms with E-state index in [4.69, 9.17) is 4.74 Å². The van der Waals surface area contributed by atoms with E-state index in [1.807, 2.05) is 107 Å². The van der Waals surface area contributed by atoms with Crippen LogP contribution in [0.2, 0.25) is 0 Å². The second-order valence-corrected chi connectivity index (χ2v) is 15.9. The van der Waals surface area contributed by atoms with Crippen LogP contribution in [-0.2, 0) is 33.8 Å². The molecule has 5 N–H and O–H groups in total. The highest BCUT2D eigenvalue weighted by molar-refractivity contribution is 8.00. The summed E-state index contributed by atoms with van der Waals surface area (Å²) in [7, 11) is 0. The van der Waals surface area contributed by atoms with E-state index in [0.29, 0.717) is 18.7 Å². The molecule has 1 fully saturated rings. The van der Waals surface area contributed by atoms with Gasteiger partial charge in [-0.25, -0.2) is 0 Å². The minimum absolute atomic E-state index is 0.168. The van der Waals surface area contributed by atoms with Gasteiger partial charge < -0.3 is 35.8 Å². The Hall–Kier alpha value is -4.91. The molecule has 1 aromatic heterocycles. The number of hydrogen-bond donors (Lipinski definition) is 5. The molecule has 1 saturated heterocycles. The molecule has 6 rings (SSSR count). The molecule has 4 aromatic rings. The van der Waals surface area contributed by atoms with Gasteiger partial charge in [0.15, 0.2) is 12.7 Å². The predicted molar refractivity (Wildman–Crippen MR) is 205 cm³/mol. The Labute approximate surface area is 314 Å². The normalized spacial score (nSPS) is 19.9. The lowest BCUT2D eigenvalue weighted by atomic mass is 9.96. The monoisotopic (exact) mass is 737 g/mol. The highest BCUT2D eigenvalue weighted by atomic mass is 32.2. The van der Waals surface area contributed by atoms with E-state index >= 15 is 0 Å². The molecule has 278 valence electrons. The van der Waals surface area contributed by atoms with Crippen LogP contribution in [0.1, 0.15) is 53.3 Å². The summed E-state index contributed by atoms with van der Waals surface area (Å²) < 4.78 is 5.32. The molecule has 1 aliphatic heterocycles. The van der Waals surface area contributed by atoms with Crippen LogP contribution in [0.3, 0.4) is 0 Å². The Morgan fingerprint density at radius 1 is 1.00 bits per heavy atom. The Morgan fingerprint density at radius 2 is 1.70 bits per heavy atom. The van der Waals surface area contributed by atoms with Gasteiger partial charge >= 0.3 is 0 Å². The first-order valence-electron chi connectivity index (χ1n) is 17.8. The van der Waals surface area contributed by atoms with E-state index in [2.05, 4.69) is 20.9 Å². The number of carbonyl (C=O) groups is 3. The van der Waals surface area contributed by atoms with Gasteiger partial charge in [-0.05, 0) is 85.7 Å². The van der Waals surface area contributed by atoms with Gasteiger partial charge in [0.2, 0.25) is 5.91 Å². The lowest BCUT2D eigenvalue weighted by Crippen LogP contribution is -2.59. The van der Waals surface area contributed by atoms with Crippen LogP contribution in [0.25, 0.3) is 0 Å². The fraction of sp³-hybridized carbons (Fsp3) is 0.366. The van der Waals surface area contributed by atoms with E-state index in [9.17, 15) is 24.6 Å². The molecule has 3 amide bonds. The summed E-state index contributed by atoms with van der Waals surface area (Å²) >= 11 is 1.43. The number of fused-ring (bicyclic) bond motifs is 1. The molecule has 0 saturated carbocycles. The van der Waals surface area contributed by atoms with Crippen LogP contribution in [0, 0.1) is 13.8 Å². The lowest BCUT2D eigenvalue weighted by molar-refractivity contribution is -0.148. The largest absolute Gasteiger partial charge is 0.483 e. The molecule has 3 aromatic carbocycles. The standard InChI is InChI=1S/C41H47N5O6S/c1-25-17-30(43-22-28-13-10-16-42-21-28)18-26(2)37(25)52-23-34(48)44-32(19-27-11-6-5-7-12-27)36(49)40(51)46-24-53-41(3,4)38(46)39(50)45-35-31-15-9-8-14-29(31)20-33(35)47/h5-18,21,32-33,35-36,38,43,47,49H,19-20,22-24H2,1-4H3,(H,44,48)(H,45,50)/t32-,33+,35-,36-,38+/m0/s1. The maximum atomic E-state index is 14.1. The third-order valence-electron chi connectivity index (χ3n) is 9.89. The summed E-state index contributed by atoms with van der Waals surface area (Å²) in [6.45, 7) is 7.85. The molecule has 11 nitrogen and oxygen atoms in total. The molecule has 2 heterocycles. The van der Waals surface area contributed by atoms with E-state index in [1.54, 1.807) is 12.4 Å². The first kappa shape index (κ1) is 37.8. The number of aliphatic hydroxyl groups is 2. The molecule has 12 heteroatoms. The molecular formula is C41H47N5O6S. The van der Waals surface area contributed by atoms with Crippen molar-refractivity contribution in [3.63, 3.8) is 0 Å². The van der Waals surface area contributed by atoms with E-state index in [-0.39, 0.29) is 18.9 Å². The molecular weight excluding hydrogens is 691 g/mol. The number of thioether (sulfide) groups is 1. The zero-order valence-corrected chi connectivity index (χ0v) is 31.2. The minimum atomic E-state index is -1.66. The molecule has 5 atom stereocenters. The van der Waals surface area contributed by atoms with Crippen LogP contribution >= 0.6 is 11.8 Å². The maximum absolute atomic E-state index is 14.1. The first-order valence-corrected chi connectivity index (χ1v) is 18.8. The van der Waals surface area contributed by atoms with Gasteiger partial charge in [-0.15, -0.1) is 11.8 Å². The van der Waals surface area contributed by atoms with Crippen molar-refractivity contribution in [2.45, 2.75) is 82.2 Å². The number of ether oxygens (including phenoxy) is 1. The Kier molecular flexibility index (Phi) is 11.7. The van der Waals surface area contributed by atoms with E-state index in [0.717, 1.165) is 39.1 Å². The number of carbonyl (C=O) groups excluding carboxylic acids is 3. The van der Waals surface area contributed by atoms with E-state index in [1.165, 1.54) is 16.7 Å². The second kappa shape index (κ2) is 16.4. The number of aromatic nitrogens is 1. The SMILES string of the molecule is Cc1cc(NCc2cccnc2)cc(C)c1OCC(=O)N[C@@H](Cc1ccccc1)[C@H](O)C(=O)N1CSC(C)(C)[C@H]1C(=O)N[C@H]1c2ccccc2C[C@H]1O. The predicted octanol–water partition coefficient (Wildman–Crippen LogP) is 4.23. The quantitative estimate of drug-likeness (QED) is 0.136. The number of aryl methyl sites for hydroxylation is 2. The van der Waals surface area contributed by atoms with Gasteiger partial charge in [0.25, 0.3) is 11.8 Å². The highest BCUT2D eigenvalue weighted by Crippen LogP contribution is 2.41. The number of pyridine rings is 1. The number of benzene rings is 3. The number of nitrogens with one attached hydrogen (secondary N) is 3. The third-order valence-corrected chi connectivity index (χ3v) is 11.3. The van der Waals surface area contributed by atoms with Crippen molar-refractivity contribution in [3.05, 3.63) is 125 Å². The summed E-state index contributed by atoms with van der Waals surface area (Å²) in [6.07, 6.45) is 1.67. The van der Waals surface area contributed by atoms with Gasteiger partial charge in [-0.2, -0.15) is 0 Å². The number of amides is 3. The maximum Gasteiger partial charge on any atom is 0.258 e. The fourth-order valence-corrected chi connectivity index (χ4v) is 8.36. The third kappa shape index (κ3) is 8.84. The molecule has 2 aliphatic rings. The molecule has 0 radical (unpaired) electrons. The summed E-state index contributed by atoms with van der Waals surface area (Å²) in [4.78, 5) is 47.1. The fourth-order valence-electron chi connectivity index (χ4n) is 7.22. The van der Waals surface area contributed by atoms with Gasteiger partial charge in [0, 0.05) is 35.8 Å². The minimum Gasteiger partial charge on any atom is -0.483 e. The van der Waals surface area contributed by atoms with E-state index < -0.39 is 52.8 Å².